The zero-order valence-corrected chi connectivity index (χ0v) is 15.4. The Morgan fingerprint density at radius 2 is 1.61 bits per heavy atom. The minimum absolute atomic E-state index is 0.258. The lowest BCUT2D eigenvalue weighted by Crippen LogP contribution is -2.43. The number of rotatable bonds is 4. The van der Waals surface area contributed by atoms with Crippen molar-refractivity contribution >= 4 is 11.7 Å². The number of aliphatic hydroxyl groups excluding tert-OH is 2. The molecule has 5 nitrogen and oxygen atoms in total. The van der Waals surface area contributed by atoms with Crippen LogP contribution in [0.25, 0.3) is 0 Å². The van der Waals surface area contributed by atoms with Crippen molar-refractivity contribution in [2.45, 2.75) is 44.1 Å². The standard InChI is InChI=1S/C21H21F2NO4/c1-2-28-20(27)21(10-3-11-21)12-4-6-13(7-5-12)24-18(25)16-14(22)8-9-15(23)17(16)19(24)26/h4-9,18-19,25-26H,2-3,10-11H2,1H3. The van der Waals surface area contributed by atoms with Crippen LogP contribution in [0.4, 0.5) is 14.5 Å². The van der Waals surface area contributed by atoms with Crippen LogP contribution in [-0.4, -0.2) is 22.8 Å². The second kappa shape index (κ2) is 6.83. The molecule has 28 heavy (non-hydrogen) atoms. The van der Waals surface area contributed by atoms with Gasteiger partial charge in [0.2, 0.25) is 0 Å². The summed E-state index contributed by atoms with van der Waals surface area (Å²) in [7, 11) is 0. The molecule has 0 amide bonds. The molecule has 4 rings (SSSR count). The molecule has 0 saturated heterocycles. The van der Waals surface area contributed by atoms with Gasteiger partial charge in [-0.25, -0.2) is 8.78 Å². The fourth-order valence-corrected chi connectivity index (χ4v) is 4.17. The largest absolute Gasteiger partial charge is 0.465 e. The molecule has 1 heterocycles. The van der Waals surface area contributed by atoms with Crippen LogP contribution in [0, 0.1) is 11.6 Å². The summed E-state index contributed by atoms with van der Waals surface area (Å²) in [4.78, 5) is 13.6. The number of carbonyl (C=O) groups is 1. The first-order valence-electron chi connectivity index (χ1n) is 9.30. The van der Waals surface area contributed by atoms with Gasteiger partial charge < -0.3 is 19.8 Å². The second-order valence-electron chi connectivity index (χ2n) is 7.21. The predicted octanol–water partition coefficient (Wildman–Crippen LogP) is 3.45. The Morgan fingerprint density at radius 3 is 2.04 bits per heavy atom. The van der Waals surface area contributed by atoms with Crippen LogP contribution in [0.5, 0.6) is 0 Å². The van der Waals surface area contributed by atoms with Crippen molar-refractivity contribution in [2.24, 2.45) is 0 Å². The van der Waals surface area contributed by atoms with Crippen molar-refractivity contribution in [2.75, 3.05) is 11.5 Å². The molecule has 7 heteroatoms. The van der Waals surface area contributed by atoms with E-state index in [1.165, 1.54) is 0 Å². The third kappa shape index (κ3) is 2.61. The van der Waals surface area contributed by atoms with E-state index < -0.39 is 29.5 Å². The summed E-state index contributed by atoms with van der Waals surface area (Å²) in [5.74, 6) is -1.82. The van der Waals surface area contributed by atoms with Crippen molar-refractivity contribution in [3.63, 3.8) is 0 Å². The fraction of sp³-hybridized carbons (Fsp3) is 0.381. The molecular weight excluding hydrogens is 368 g/mol. The van der Waals surface area contributed by atoms with Crippen LogP contribution >= 0.6 is 0 Å². The van der Waals surface area contributed by atoms with Gasteiger partial charge in [-0.3, -0.25) is 4.79 Å². The Kier molecular flexibility index (Phi) is 4.59. The molecule has 2 unspecified atom stereocenters. The van der Waals surface area contributed by atoms with E-state index in [-0.39, 0.29) is 17.1 Å². The average molecular weight is 389 g/mol. The third-order valence-electron chi connectivity index (χ3n) is 5.82. The van der Waals surface area contributed by atoms with E-state index in [0.717, 1.165) is 29.0 Å². The normalized spacial score (nSPS) is 22.5. The molecule has 2 aromatic rings. The highest BCUT2D eigenvalue weighted by Crippen LogP contribution is 2.47. The molecular formula is C21H21F2NO4. The van der Waals surface area contributed by atoms with E-state index in [1.807, 2.05) is 0 Å². The number of carbonyl (C=O) groups excluding carboxylic acids is 1. The lowest BCUT2D eigenvalue weighted by Gasteiger charge is -2.40. The number of esters is 1. The summed E-state index contributed by atoms with van der Waals surface area (Å²) in [5.41, 5.74) is -0.0222. The number of halogens is 2. The zero-order chi connectivity index (χ0) is 20.1. The van der Waals surface area contributed by atoms with Crippen molar-refractivity contribution in [3.05, 3.63) is 64.7 Å². The van der Waals surface area contributed by atoms with Gasteiger partial charge in [0.25, 0.3) is 0 Å². The van der Waals surface area contributed by atoms with Gasteiger partial charge in [0.15, 0.2) is 12.5 Å². The van der Waals surface area contributed by atoms with E-state index in [1.54, 1.807) is 31.2 Å². The second-order valence-corrected chi connectivity index (χ2v) is 7.21. The quantitative estimate of drug-likeness (QED) is 0.784. The number of nitrogens with zero attached hydrogens (tertiary/aromatic N) is 1. The monoisotopic (exact) mass is 389 g/mol. The van der Waals surface area contributed by atoms with Crippen molar-refractivity contribution in [1.82, 2.24) is 0 Å². The van der Waals surface area contributed by atoms with Gasteiger partial charge in [-0.1, -0.05) is 18.6 Å². The van der Waals surface area contributed by atoms with E-state index in [9.17, 15) is 23.8 Å². The minimum atomic E-state index is -1.52. The summed E-state index contributed by atoms with van der Waals surface area (Å²) in [6.45, 7) is 2.07. The van der Waals surface area contributed by atoms with E-state index in [2.05, 4.69) is 0 Å². The number of fused-ring (bicyclic) bond motifs is 1. The van der Waals surface area contributed by atoms with E-state index in [4.69, 9.17) is 4.74 Å². The lowest BCUT2D eigenvalue weighted by molar-refractivity contribution is -0.153. The van der Waals surface area contributed by atoms with Crippen molar-refractivity contribution in [1.29, 1.82) is 0 Å². The van der Waals surface area contributed by atoms with Crippen LogP contribution in [0.1, 0.15) is 55.3 Å². The van der Waals surface area contributed by atoms with Crippen molar-refractivity contribution in [3.8, 4) is 0 Å². The minimum Gasteiger partial charge on any atom is -0.465 e. The van der Waals surface area contributed by atoms with Crippen molar-refractivity contribution < 1.29 is 28.5 Å². The Morgan fingerprint density at radius 1 is 1.07 bits per heavy atom. The third-order valence-corrected chi connectivity index (χ3v) is 5.82. The number of anilines is 1. The summed E-state index contributed by atoms with van der Waals surface area (Å²) < 4.78 is 33.4. The molecule has 2 aromatic carbocycles. The Hall–Kier alpha value is -2.51. The van der Waals surface area contributed by atoms with Gasteiger partial charge in [-0.15, -0.1) is 0 Å². The van der Waals surface area contributed by atoms with E-state index in [0.29, 0.717) is 25.1 Å². The molecule has 0 spiro atoms. The number of hydrogen-bond donors (Lipinski definition) is 2. The maximum atomic E-state index is 14.1. The molecule has 0 aromatic heterocycles. The van der Waals surface area contributed by atoms with E-state index >= 15 is 0 Å². The highest BCUT2D eigenvalue weighted by molar-refractivity contribution is 5.84. The summed E-state index contributed by atoms with van der Waals surface area (Å²) in [5, 5.41) is 21.0. The van der Waals surface area contributed by atoms with Gasteiger partial charge in [0, 0.05) is 16.8 Å². The SMILES string of the molecule is CCOC(=O)C1(c2ccc(N3C(O)c4c(F)ccc(F)c4C3O)cc2)CCC1. The topological polar surface area (TPSA) is 70.0 Å². The number of benzene rings is 2. The van der Waals surface area contributed by atoms with Crippen LogP contribution in [0.3, 0.4) is 0 Å². The molecule has 2 N–H and O–H groups in total. The van der Waals surface area contributed by atoms with Gasteiger partial charge in [-0.05, 0) is 49.6 Å². The van der Waals surface area contributed by atoms with Crippen LogP contribution < -0.4 is 4.90 Å². The first-order valence-corrected chi connectivity index (χ1v) is 9.30. The molecule has 1 saturated carbocycles. The summed E-state index contributed by atoms with van der Waals surface area (Å²) in [6.07, 6.45) is -0.717. The Labute approximate surface area is 161 Å². The molecule has 148 valence electrons. The molecule has 1 aliphatic carbocycles. The molecule has 0 bridgehead atoms. The van der Waals surface area contributed by atoms with Crippen LogP contribution in [0.15, 0.2) is 36.4 Å². The summed E-state index contributed by atoms with van der Waals surface area (Å²) >= 11 is 0. The van der Waals surface area contributed by atoms with Crippen LogP contribution in [0.2, 0.25) is 0 Å². The fourth-order valence-electron chi connectivity index (χ4n) is 4.17. The van der Waals surface area contributed by atoms with Gasteiger partial charge in [0.05, 0.1) is 12.0 Å². The number of aliphatic hydroxyl groups is 2. The highest BCUT2D eigenvalue weighted by Gasteiger charge is 2.47. The zero-order valence-electron chi connectivity index (χ0n) is 15.4. The van der Waals surface area contributed by atoms with Gasteiger partial charge >= 0.3 is 5.97 Å². The first-order chi connectivity index (χ1) is 13.4. The average Bonchev–Trinajstić information content (AvgIpc) is 2.90. The van der Waals surface area contributed by atoms with Gasteiger partial charge in [-0.2, -0.15) is 0 Å². The molecule has 0 radical (unpaired) electrons. The predicted molar refractivity (Wildman–Crippen MR) is 97.4 cm³/mol. The number of ether oxygens (including phenoxy) is 1. The lowest BCUT2D eigenvalue weighted by atomic mass is 9.64. The van der Waals surface area contributed by atoms with Gasteiger partial charge in [0.1, 0.15) is 11.6 Å². The molecule has 2 atom stereocenters. The van der Waals surface area contributed by atoms with Crippen LogP contribution in [-0.2, 0) is 14.9 Å². The summed E-state index contributed by atoms with van der Waals surface area (Å²) in [6, 6.07) is 8.58. The molecule has 2 aliphatic rings. The first kappa shape index (κ1) is 18.8. The maximum absolute atomic E-state index is 14.1. The molecule has 1 aliphatic heterocycles. The Bertz CT molecular complexity index is 876. The highest BCUT2D eigenvalue weighted by atomic mass is 19.1. The smallest absolute Gasteiger partial charge is 0.316 e. The number of hydrogen-bond acceptors (Lipinski definition) is 5. The Balaban J connectivity index is 1.66. The molecule has 1 fully saturated rings. The maximum Gasteiger partial charge on any atom is 0.316 e.